The Morgan fingerprint density at radius 1 is 1.39 bits per heavy atom. The summed E-state index contributed by atoms with van der Waals surface area (Å²) >= 11 is 0. The van der Waals surface area contributed by atoms with Crippen LogP contribution in [0.4, 0.5) is 10.5 Å². The van der Waals surface area contributed by atoms with Gasteiger partial charge in [-0.25, -0.2) is 4.79 Å². The highest BCUT2D eigenvalue weighted by molar-refractivity contribution is 5.87. The molecule has 0 radical (unpaired) electrons. The first-order chi connectivity index (χ1) is 8.24. The Balaban J connectivity index is 0.00000162. The van der Waals surface area contributed by atoms with E-state index >= 15 is 0 Å². The molecular weight excluding hydrogens is 250 g/mol. The van der Waals surface area contributed by atoms with Crippen molar-refractivity contribution in [3.8, 4) is 0 Å². The van der Waals surface area contributed by atoms with Crippen molar-refractivity contribution in [2.45, 2.75) is 19.3 Å². The van der Waals surface area contributed by atoms with E-state index in [2.05, 4.69) is 10.6 Å². The number of primary amides is 1. The molecule has 1 atom stereocenters. The number of anilines is 1. The van der Waals surface area contributed by atoms with Gasteiger partial charge in [-0.15, -0.1) is 12.4 Å². The molecule has 1 aromatic carbocycles. The third-order valence-electron chi connectivity index (χ3n) is 3.23. The van der Waals surface area contributed by atoms with Gasteiger partial charge in [0.25, 0.3) is 0 Å². The minimum absolute atomic E-state index is 0. The van der Waals surface area contributed by atoms with E-state index in [1.807, 2.05) is 24.3 Å². The van der Waals surface area contributed by atoms with Crippen LogP contribution in [0.25, 0.3) is 0 Å². The van der Waals surface area contributed by atoms with Crippen molar-refractivity contribution in [1.82, 2.24) is 5.32 Å². The van der Waals surface area contributed by atoms with E-state index in [0.29, 0.717) is 0 Å². The van der Waals surface area contributed by atoms with Gasteiger partial charge < -0.3 is 16.4 Å². The molecule has 1 aromatic rings. The van der Waals surface area contributed by atoms with E-state index in [9.17, 15) is 4.79 Å². The summed E-state index contributed by atoms with van der Waals surface area (Å²) in [5.74, 6) is 0.818. The monoisotopic (exact) mass is 269 g/mol. The maximum atomic E-state index is 10.7. The van der Waals surface area contributed by atoms with Gasteiger partial charge in [-0.05, 0) is 56.0 Å². The van der Waals surface area contributed by atoms with Gasteiger partial charge in [0.2, 0.25) is 0 Å². The Bertz CT molecular complexity index is 374. The smallest absolute Gasteiger partial charge is 0.316 e. The first-order valence-corrected chi connectivity index (χ1v) is 6.10. The molecule has 2 rings (SSSR count). The van der Waals surface area contributed by atoms with E-state index in [0.717, 1.165) is 31.1 Å². The topological polar surface area (TPSA) is 67.2 Å². The van der Waals surface area contributed by atoms with E-state index in [1.54, 1.807) is 0 Å². The number of hydrogen-bond acceptors (Lipinski definition) is 2. The molecule has 5 heteroatoms. The first kappa shape index (κ1) is 14.8. The van der Waals surface area contributed by atoms with Crippen molar-refractivity contribution >= 4 is 24.1 Å². The molecule has 1 saturated heterocycles. The predicted octanol–water partition coefficient (Wildman–Crippen LogP) is 2.14. The van der Waals surface area contributed by atoms with Crippen LogP contribution in [-0.2, 0) is 6.42 Å². The maximum absolute atomic E-state index is 10.7. The van der Waals surface area contributed by atoms with Crippen LogP contribution in [0.1, 0.15) is 18.4 Å². The highest BCUT2D eigenvalue weighted by atomic mass is 35.5. The Labute approximate surface area is 114 Å². The van der Waals surface area contributed by atoms with E-state index < -0.39 is 6.03 Å². The summed E-state index contributed by atoms with van der Waals surface area (Å²) in [5, 5.41) is 5.94. The Morgan fingerprint density at radius 2 is 2.11 bits per heavy atom. The van der Waals surface area contributed by atoms with E-state index in [1.165, 1.54) is 18.4 Å². The van der Waals surface area contributed by atoms with Crippen LogP contribution in [0.5, 0.6) is 0 Å². The second-order valence-electron chi connectivity index (χ2n) is 4.58. The zero-order valence-electron chi connectivity index (χ0n) is 10.3. The van der Waals surface area contributed by atoms with Crippen molar-refractivity contribution < 1.29 is 4.79 Å². The van der Waals surface area contributed by atoms with Crippen molar-refractivity contribution in [3.05, 3.63) is 29.8 Å². The largest absolute Gasteiger partial charge is 0.351 e. The quantitative estimate of drug-likeness (QED) is 0.784. The molecule has 1 fully saturated rings. The molecule has 4 N–H and O–H groups in total. The van der Waals surface area contributed by atoms with Crippen LogP contribution in [0.15, 0.2) is 24.3 Å². The molecule has 1 aliphatic heterocycles. The zero-order chi connectivity index (χ0) is 12.1. The molecule has 1 aliphatic rings. The molecule has 100 valence electrons. The van der Waals surface area contributed by atoms with Crippen molar-refractivity contribution in [2.24, 2.45) is 11.7 Å². The molecule has 4 nitrogen and oxygen atoms in total. The molecule has 0 saturated carbocycles. The zero-order valence-corrected chi connectivity index (χ0v) is 11.1. The number of carbonyl (C=O) groups excluding carboxylic acids is 1. The molecule has 1 heterocycles. The Morgan fingerprint density at radius 3 is 2.67 bits per heavy atom. The summed E-state index contributed by atoms with van der Waals surface area (Å²) < 4.78 is 0. The molecule has 1 unspecified atom stereocenters. The highest BCUT2D eigenvalue weighted by Gasteiger charge is 2.13. The molecule has 0 bridgehead atoms. The minimum Gasteiger partial charge on any atom is -0.351 e. The third-order valence-corrected chi connectivity index (χ3v) is 3.23. The van der Waals surface area contributed by atoms with Gasteiger partial charge >= 0.3 is 6.03 Å². The standard InChI is InChI=1S/C13H19N3O.ClH/c14-13(17)16-12-5-3-10(4-6-12)1-2-11-7-8-15-9-11;/h3-6,11,15H,1-2,7-9H2,(H3,14,16,17);1H. The number of amides is 2. The number of nitrogens with one attached hydrogen (secondary N) is 2. The number of halogens is 1. The second kappa shape index (κ2) is 7.24. The van der Waals surface area contributed by atoms with Gasteiger partial charge in [-0.2, -0.15) is 0 Å². The maximum Gasteiger partial charge on any atom is 0.316 e. The fourth-order valence-electron chi connectivity index (χ4n) is 2.23. The summed E-state index contributed by atoms with van der Waals surface area (Å²) in [5.41, 5.74) is 7.11. The number of urea groups is 1. The summed E-state index contributed by atoms with van der Waals surface area (Å²) in [4.78, 5) is 10.7. The normalized spacial score (nSPS) is 18.1. The summed E-state index contributed by atoms with van der Waals surface area (Å²) in [7, 11) is 0. The minimum atomic E-state index is -0.519. The average Bonchev–Trinajstić information content (AvgIpc) is 2.80. The third kappa shape index (κ3) is 4.55. The van der Waals surface area contributed by atoms with Crippen molar-refractivity contribution in [2.75, 3.05) is 18.4 Å². The van der Waals surface area contributed by atoms with Crippen LogP contribution < -0.4 is 16.4 Å². The first-order valence-electron chi connectivity index (χ1n) is 6.10. The molecule has 18 heavy (non-hydrogen) atoms. The number of rotatable bonds is 4. The second-order valence-corrected chi connectivity index (χ2v) is 4.58. The van der Waals surface area contributed by atoms with Crippen LogP contribution in [0.3, 0.4) is 0 Å². The van der Waals surface area contributed by atoms with E-state index in [-0.39, 0.29) is 12.4 Å². The van der Waals surface area contributed by atoms with Crippen LogP contribution >= 0.6 is 12.4 Å². The van der Waals surface area contributed by atoms with Gasteiger partial charge in [0, 0.05) is 5.69 Å². The number of aryl methyl sites for hydroxylation is 1. The summed E-state index contributed by atoms with van der Waals surface area (Å²) in [6.45, 7) is 2.31. The lowest BCUT2D eigenvalue weighted by atomic mass is 9.99. The van der Waals surface area contributed by atoms with E-state index in [4.69, 9.17) is 5.73 Å². The summed E-state index contributed by atoms with van der Waals surface area (Å²) in [6.07, 6.45) is 3.63. The lowest BCUT2D eigenvalue weighted by Gasteiger charge is -2.08. The predicted molar refractivity (Wildman–Crippen MR) is 76.2 cm³/mol. The average molecular weight is 270 g/mol. The highest BCUT2D eigenvalue weighted by Crippen LogP contribution is 2.17. The summed E-state index contributed by atoms with van der Waals surface area (Å²) in [6, 6.07) is 7.37. The van der Waals surface area contributed by atoms with Gasteiger partial charge in [-0.3, -0.25) is 0 Å². The van der Waals surface area contributed by atoms with Gasteiger partial charge in [0.1, 0.15) is 0 Å². The lowest BCUT2D eigenvalue weighted by Crippen LogP contribution is -2.19. The number of benzene rings is 1. The lowest BCUT2D eigenvalue weighted by molar-refractivity contribution is 0.259. The SMILES string of the molecule is Cl.NC(=O)Nc1ccc(CCC2CCNC2)cc1. The molecule has 0 aromatic heterocycles. The van der Waals surface area contributed by atoms with Crippen molar-refractivity contribution in [1.29, 1.82) is 0 Å². The molecule has 0 aliphatic carbocycles. The molecule has 2 amide bonds. The van der Waals surface area contributed by atoms with Crippen molar-refractivity contribution in [3.63, 3.8) is 0 Å². The van der Waals surface area contributed by atoms with Crippen LogP contribution in [0, 0.1) is 5.92 Å². The van der Waals surface area contributed by atoms with Gasteiger partial charge in [-0.1, -0.05) is 12.1 Å². The number of carbonyl (C=O) groups is 1. The fraction of sp³-hybridized carbons (Fsp3) is 0.462. The molecule has 0 spiro atoms. The number of hydrogen-bond donors (Lipinski definition) is 3. The fourth-order valence-corrected chi connectivity index (χ4v) is 2.23. The Hall–Kier alpha value is -1.26. The van der Waals surface area contributed by atoms with Crippen LogP contribution in [0.2, 0.25) is 0 Å². The van der Waals surface area contributed by atoms with Crippen LogP contribution in [-0.4, -0.2) is 19.1 Å². The molecular formula is C13H20ClN3O. The Kier molecular flexibility index (Phi) is 5.95. The number of nitrogens with two attached hydrogens (primary N) is 1. The van der Waals surface area contributed by atoms with Gasteiger partial charge in [0.05, 0.1) is 0 Å². The van der Waals surface area contributed by atoms with Gasteiger partial charge in [0.15, 0.2) is 0 Å².